The van der Waals surface area contributed by atoms with Crippen molar-refractivity contribution in [3.63, 3.8) is 0 Å². The molecule has 0 aromatic heterocycles. The van der Waals surface area contributed by atoms with Gasteiger partial charge in [0.05, 0.1) is 6.54 Å². The fourth-order valence-electron chi connectivity index (χ4n) is 1.31. The quantitative estimate of drug-likeness (QED) is 0.799. The first-order valence-electron chi connectivity index (χ1n) is 6.00. The van der Waals surface area contributed by atoms with E-state index in [9.17, 15) is 4.79 Å². The van der Waals surface area contributed by atoms with Crippen LogP contribution in [0.1, 0.15) is 31.9 Å². The molecule has 4 heteroatoms. The summed E-state index contributed by atoms with van der Waals surface area (Å²) in [4.78, 5) is 11.4. The van der Waals surface area contributed by atoms with Crippen LogP contribution in [-0.4, -0.2) is 18.2 Å². The standard InChI is InChI=1S/C15H18ClNO2/c1-11-12(7-5-9-13(11)16)8-6-10-17-14(18)19-15(2,3)4/h5,7,9H,10H2,1-4H3,(H,17,18). The highest BCUT2D eigenvalue weighted by molar-refractivity contribution is 6.31. The van der Waals surface area contributed by atoms with Crippen LogP contribution in [0.2, 0.25) is 5.02 Å². The molecule has 0 fully saturated rings. The van der Waals surface area contributed by atoms with Gasteiger partial charge in [-0.25, -0.2) is 4.79 Å². The van der Waals surface area contributed by atoms with E-state index in [-0.39, 0.29) is 6.54 Å². The molecule has 0 aliphatic heterocycles. The smallest absolute Gasteiger partial charge is 0.408 e. The van der Waals surface area contributed by atoms with Gasteiger partial charge in [-0.05, 0) is 45.4 Å². The minimum atomic E-state index is -0.499. The van der Waals surface area contributed by atoms with Crippen LogP contribution in [0.15, 0.2) is 18.2 Å². The molecule has 0 radical (unpaired) electrons. The molecular weight excluding hydrogens is 262 g/mol. The van der Waals surface area contributed by atoms with E-state index in [1.165, 1.54) is 0 Å². The molecule has 0 spiro atoms. The minimum absolute atomic E-state index is 0.237. The van der Waals surface area contributed by atoms with Crippen LogP contribution in [0.25, 0.3) is 0 Å². The van der Waals surface area contributed by atoms with Gasteiger partial charge in [-0.3, -0.25) is 0 Å². The largest absolute Gasteiger partial charge is 0.444 e. The van der Waals surface area contributed by atoms with Gasteiger partial charge < -0.3 is 10.1 Å². The van der Waals surface area contributed by atoms with Gasteiger partial charge >= 0.3 is 6.09 Å². The number of carbonyl (C=O) groups excluding carboxylic acids is 1. The molecule has 0 saturated carbocycles. The first kappa shape index (κ1) is 15.4. The van der Waals surface area contributed by atoms with Crippen molar-refractivity contribution in [1.82, 2.24) is 5.32 Å². The van der Waals surface area contributed by atoms with E-state index >= 15 is 0 Å². The summed E-state index contributed by atoms with van der Waals surface area (Å²) >= 11 is 5.99. The number of rotatable bonds is 1. The molecule has 1 aromatic carbocycles. The molecule has 0 unspecified atom stereocenters. The summed E-state index contributed by atoms with van der Waals surface area (Å²) in [6.45, 7) is 7.59. The predicted molar refractivity (Wildman–Crippen MR) is 77.3 cm³/mol. The fraction of sp³-hybridized carbons (Fsp3) is 0.400. The third-order valence-corrected chi connectivity index (χ3v) is 2.62. The van der Waals surface area contributed by atoms with Gasteiger partial charge in [-0.2, -0.15) is 0 Å². The van der Waals surface area contributed by atoms with Gasteiger partial charge in [0, 0.05) is 10.6 Å². The Hall–Kier alpha value is -1.66. The van der Waals surface area contributed by atoms with Gasteiger partial charge in [0.15, 0.2) is 0 Å². The number of benzene rings is 1. The number of amides is 1. The third-order valence-electron chi connectivity index (χ3n) is 2.21. The molecule has 0 atom stereocenters. The van der Waals surface area contributed by atoms with Crippen LogP contribution in [-0.2, 0) is 4.74 Å². The van der Waals surface area contributed by atoms with E-state index in [1.807, 2.05) is 45.9 Å². The van der Waals surface area contributed by atoms with Gasteiger partial charge in [-0.15, -0.1) is 0 Å². The van der Waals surface area contributed by atoms with E-state index in [0.717, 1.165) is 11.1 Å². The SMILES string of the molecule is Cc1c(Cl)cccc1C#CCNC(=O)OC(C)(C)C. The van der Waals surface area contributed by atoms with E-state index < -0.39 is 11.7 Å². The van der Waals surface area contributed by atoms with Crippen LogP contribution in [0.3, 0.4) is 0 Å². The normalized spacial score (nSPS) is 10.4. The van der Waals surface area contributed by atoms with Crippen molar-refractivity contribution in [1.29, 1.82) is 0 Å². The van der Waals surface area contributed by atoms with Crippen molar-refractivity contribution in [3.05, 3.63) is 34.3 Å². The van der Waals surface area contributed by atoms with E-state index in [4.69, 9.17) is 16.3 Å². The monoisotopic (exact) mass is 279 g/mol. The highest BCUT2D eigenvalue weighted by Gasteiger charge is 2.14. The van der Waals surface area contributed by atoms with E-state index in [2.05, 4.69) is 17.2 Å². The summed E-state index contributed by atoms with van der Waals surface area (Å²) in [5, 5.41) is 3.26. The summed E-state index contributed by atoms with van der Waals surface area (Å²) in [5.41, 5.74) is 1.30. The van der Waals surface area contributed by atoms with Crippen LogP contribution in [0.4, 0.5) is 4.79 Å². The first-order chi connectivity index (χ1) is 8.79. The van der Waals surface area contributed by atoms with Crippen LogP contribution in [0.5, 0.6) is 0 Å². The average molecular weight is 280 g/mol. The van der Waals surface area contributed by atoms with Crippen LogP contribution >= 0.6 is 11.6 Å². The maximum absolute atomic E-state index is 11.4. The van der Waals surface area contributed by atoms with Gasteiger partial charge in [0.25, 0.3) is 0 Å². The maximum atomic E-state index is 11.4. The molecule has 0 heterocycles. The molecule has 1 N–H and O–H groups in total. The Morgan fingerprint density at radius 2 is 2.11 bits per heavy atom. The number of carbonyl (C=O) groups is 1. The van der Waals surface area contributed by atoms with Gasteiger partial charge in [0.2, 0.25) is 0 Å². The molecule has 1 rings (SSSR count). The van der Waals surface area contributed by atoms with Crippen molar-refractivity contribution in [3.8, 4) is 11.8 Å². The van der Waals surface area contributed by atoms with Crippen LogP contribution in [0, 0.1) is 18.8 Å². The molecule has 0 bridgehead atoms. The van der Waals surface area contributed by atoms with E-state index in [0.29, 0.717) is 5.02 Å². The lowest BCUT2D eigenvalue weighted by Crippen LogP contribution is -2.32. The van der Waals surface area contributed by atoms with Gasteiger partial charge in [0.1, 0.15) is 5.60 Å². The Morgan fingerprint density at radius 1 is 1.42 bits per heavy atom. The molecule has 1 aromatic rings. The number of hydrogen-bond donors (Lipinski definition) is 1. The molecular formula is C15H18ClNO2. The predicted octanol–water partition coefficient (Wildman–Crippen LogP) is 3.52. The highest BCUT2D eigenvalue weighted by Crippen LogP contribution is 2.17. The Morgan fingerprint density at radius 3 is 2.74 bits per heavy atom. The first-order valence-corrected chi connectivity index (χ1v) is 6.38. The summed E-state index contributed by atoms with van der Waals surface area (Å²) in [6, 6.07) is 5.56. The van der Waals surface area contributed by atoms with E-state index in [1.54, 1.807) is 0 Å². The van der Waals surface area contributed by atoms with Crippen molar-refractivity contribution >= 4 is 17.7 Å². The molecule has 0 aliphatic rings. The van der Waals surface area contributed by atoms with Crippen molar-refractivity contribution in [2.75, 3.05) is 6.54 Å². The summed E-state index contributed by atoms with van der Waals surface area (Å²) in [7, 11) is 0. The topological polar surface area (TPSA) is 38.3 Å². The zero-order chi connectivity index (χ0) is 14.5. The second-order valence-electron chi connectivity index (χ2n) is 5.07. The van der Waals surface area contributed by atoms with Gasteiger partial charge in [-0.1, -0.05) is 29.5 Å². The lowest BCUT2D eigenvalue weighted by molar-refractivity contribution is 0.0535. The van der Waals surface area contributed by atoms with Crippen molar-refractivity contribution < 1.29 is 9.53 Å². The molecule has 102 valence electrons. The Labute approximate surface area is 119 Å². The van der Waals surface area contributed by atoms with Crippen molar-refractivity contribution in [2.24, 2.45) is 0 Å². The molecule has 3 nitrogen and oxygen atoms in total. The Bertz CT molecular complexity index is 521. The second-order valence-corrected chi connectivity index (χ2v) is 5.48. The lowest BCUT2D eigenvalue weighted by Gasteiger charge is -2.19. The number of nitrogens with one attached hydrogen (secondary N) is 1. The van der Waals surface area contributed by atoms with Crippen LogP contribution < -0.4 is 5.32 Å². The summed E-state index contributed by atoms with van der Waals surface area (Å²) in [6.07, 6.45) is -0.468. The number of alkyl carbamates (subject to hydrolysis) is 1. The molecule has 1 amide bonds. The summed E-state index contributed by atoms with van der Waals surface area (Å²) < 4.78 is 5.09. The average Bonchev–Trinajstić information content (AvgIpc) is 2.27. The number of ether oxygens (including phenoxy) is 1. The second kappa shape index (κ2) is 6.49. The third kappa shape index (κ3) is 5.67. The highest BCUT2D eigenvalue weighted by atomic mass is 35.5. The Balaban J connectivity index is 2.53. The molecule has 0 aliphatic carbocycles. The minimum Gasteiger partial charge on any atom is -0.444 e. The maximum Gasteiger partial charge on any atom is 0.408 e. The van der Waals surface area contributed by atoms with Crippen molar-refractivity contribution in [2.45, 2.75) is 33.3 Å². The summed E-state index contributed by atoms with van der Waals surface area (Å²) in [5.74, 6) is 5.83. The number of hydrogen-bond acceptors (Lipinski definition) is 2. The molecule has 0 saturated heterocycles. The number of halogens is 1. The lowest BCUT2D eigenvalue weighted by atomic mass is 10.1. The Kier molecular flexibility index (Phi) is 5.26. The zero-order valence-electron chi connectivity index (χ0n) is 11.6. The fourth-order valence-corrected chi connectivity index (χ4v) is 1.49. The molecule has 19 heavy (non-hydrogen) atoms. The zero-order valence-corrected chi connectivity index (χ0v) is 12.4.